The molecule has 4 heterocycles. The Labute approximate surface area is 264 Å². The summed E-state index contributed by atoms with van der Waals surface area (Å²) in [6.45, 7) is 2.52. The molecule has 3 aromatic carbocycles. The van der Waals surface area contributed by atoms with Gasteiger partial charge in [-0.1, -0.05) is 29.8 Å². The van der Waals surface area contributed by atoms with Crippen LogP contribution in [0.3, 0.4) is 0 Å². The second kappa shape index (κ2) is 11.7. The van der Waals surface area contributed by atoms with E-state index in [1.807, 2.05) is 6.07 Å². The second-order valence-electron chi connectivity index (χ2n) is 11.8. The minimum atomic E-state index is -1.19. The lowest BCUT2D eigenvalue weighted by molar-refractivity contribution is 0.0515. The average molecular weight is 638 g/mol. The molecule has 2 atom stereocenters. The van der Waals surface area contributed by atoms with Gasteiger partial charge in [0.1, 0.15) is 17.3 Å². The minimum absolute atomic E-state index is 0.0355. The highest BCUT2D eigenvalue weighted by Gasteiger charge is 2.40. The van der Waals surface area contributed by atoms with E-state index in [9.17, 15) is 14.7 Å². The van der Waals surface area contributed by atoms with Crippen LogP contribution in [0, 0.1) is 5.82 Å². The van der Waals surface area contributed by atoms with Gasteiger partial charge in [0.15, 0.2) is 6.73 Å². The Kier molecular flexibility index (Phi) is 7.71. The van der Waals surface area contributed by atoms with Gasteiger partial charge in [0.25, 0.3) is 5.91 Å². The molecule has 0 spiro atoms. The zero-order valence-electron chi connectivity index (χ0n) is 24.9. The number of carbonyl (C=O) groups is 2. The molecule has 4 aliphatic heterocycles. The van der Waals surface area contributed by atoms with Gasteiger partial charge in [-0.05, 0) is 37.1 Å². The summed E-state index contributed by atoms with van der Waals surface area (Å²) < 4.78 is 38.5. The third-order valence-corrected chi connectivity index (χ3v) is 9.57. The van der Waals surface area contributed by atoms with Gasteiger partial charge in [-0.3, -0.25) is 4.79 Å². The first-order chi connectivity index (χ1) is 21.8. The number of hydrogen-bond donors (Lipinski definition) is 1. The monoisotopic (exact) mass is 637 g/mol. The van der Waals surface area contributed by atoms with E-state index in [1.54, 1.807) is 44.6 Å². The first-order valence-corrected chi connectivity index (χ1v) is 15.3. The van der Waals surface area contributed by atoms with Crippen LogP contribution < -0.4 is 19.3 Å². The van der Waals surface area contributed by atoms with E-state index < -0.39 is 11.8 Å². The van der Waals surface area contributed by atoms with Crippen molar-refractivity contribution in [2.45, 2.75) is 37.6 Å². The lowest BCUT2D eigenvalue weighted by atomic mass is 9.96. The zero-order chi connectivity index (χ0) is 31.4. The van der Waals surface area contributed by atoms with Crippen LogP contribution in [0.2, 0.25) is 5.02 Å². The summed E-state index contributed by atoms with van der Waals surface area (Å²) in [5, 5.41) is 10.3. The Bertz CT molecular complexity index is 1660. The minimum Gasteiger partial charge on any atom is -0.495 e. The number of fused-ring (bicyclic) bond motifs is 3. The molecule has 236 valence electrons. The first kappa shape index (κ1) is 29.6. The molecule has 12 heteroatoms. The molecule has 0 saturated carbocycles. The second-order valence-corrected chi connectivity index (χ2v) is 12.2. The van der Waals surface area contributed by atoms with Crippen molar-refractivity contribution in [1.82, 2.24) is 4.90 Å². The normalized spacial score (nSPS) is 20.8. The van der Waals surface area contributed by atoms with E-state index in [0.29, 0.717) is 59.6 Å². The number of halogens is 2. The number of para-hydroxylation sites is 1. The Hall–Kier alpha value is -4.06. The van der Waals surface area contributed by atoms with E-state index in [4.69, 9.17) is 30.5 Å². The first-order valence-electron chi connectivity index (χ1n) is 14.9. The third kappa shape index (κ3) is 5.12. The van der Waals surface area contributed by atoms with Gasteiger partial charge in [0.05, 0.1) is 72.6 Å². The molecule has 0 radical (unpaired) electrons. The Balaban J connectivity index is 1.18. The van der Waals surface area contributed by atoms with Gasteiger partial charge in [-0.2, -0.15) is 0 Å². The number of amides is 1. The smallest absolute Gasteiger partial charge is 0.337 e. The number of rotatable bonds is 7. The van der Waals surface area contributed by atoms with Gasteiger partial charge in [-0.25, -0.2) is 9.18 Å². The topological polar surface area (TPSA) is 101 Å². The molecule has 7 rings (SSSR count). The van der Waals surface area contributed by atoms with Gasteiger partial charge in [0.2, 0.25) is 0 Å². The molecule has 0 aliphatic carbocycles. The van der Waals surface area contributed by atoms with Crippen LogP contribution in [0.15, 0.2) is 42.5 Å². The molecular formula is C33H33ClFN3O7. The van der Waals surface area contributed by atoms with Crippen LogP contribution in [0.25, 0.3) is 11.1 Å². The predicted octanol–water partition coefficient (Wildman–Crippen LogP) is 5.05. The van der Waals surface area contributed by atoms with E-state index in [1.165, 1.54) is 4.90 Å². The van der Waals surface area contributed by atoms with Crippen molar-refractivity contribution in [1.29, 1.82) is 0 Å². The predicted molar refractivity (Wildman–Crippen MR) is 165 cm³/mol. The zero-order valence-corrected chi connectivity index (χ0v) is 25.7. The number of carbonyl (C=O) groups excluding carboxylic acids is 1. The van der Waals surface area contributed by atoms with Gasteiger partial charge in [0, 0.05) is 36.9 Å². The number of carboxylic acids is 1. The lowest BCUT2D eigenvalue weighted by Gasteiger charge is -2.40. The quantitative estimate of drug-likeness (QED) is 0.382. The van der Waals surface area contributed by atoms with E-state index >= 15 is 4.39 Å². The molecule has 0 aromatic heterocycles. The van der Waals surface area contributed by atoms with Crippen LogP contribution in [-0.2, 0) is 16.0 Å². The molecule has 10 nitrogen and oxygen atoms in total. The maximum atomic E-state index is 15.7. The van der Waals surface area contributed by atoms with Crippen LogP contribution in [0.4, 0.5) is 15.8 Å². The molecule has 2 bridgehead atoms. The van der Waals surface area contributed by atoms with E-state index in [-0.39, 0.29) is 54.1 Å². The summed E-state index contributed by atoms with van der Waals surface area (Å²) in [6, 6.07) is 11.5. The summed E-state index contributed by atoms with van der Waals surface area (Å²) in [6.07, 6.45) is 1.90. The summed E-state index contributed by atoms with van der Waals surface area (Å²) in [5.74, 6) is -1.20. The van der Waals surface area contributed by atoms with Crippen molar-refractivity contribution in [2.75, 3.05) is 57.1 Å². The number of nitrogens with zero attached hydrogens (tertiary/aromatic N) is 3. The van der Waals surface area contributed by atoms with Crippen LogP contribution in [0.5, 0.6) is 11.5 Å². The SMILES string of the molecule is COc1cc(C(=O)N2COc3c(cccc3-c3cc(N4C5CCC4COC5)c(C(=O)O)cc3F)C2)c(Cl)cc1N1CC(OC)C1. The summed E-state index contributed by atoms with van der Waals surface area (Å²) in [5.41, 5.74) is 2.88. The third-order valence-electron chi connectivity index (χ3n) is 9.26. The summed E-state index contributed by atoms with van der Waals surface area (Å²) >= 11 is 6.63. The van der Waals surface area contributed by atoms with Crippen molar-refractivity contribution < 1.29 is 38.0 Å². The van der Waals surface area contributed by atoms with E-state index in [2.05, 4.69) is 9.80 Å². The Morgan fingerprint density at radius 2 is 1.76 bits per heavy atom. The number of benzene rings is 3. The number of ether oxygens (including phenoxy) is 4. The van der Waals surface area contributed by atoms with E-state index in [0.717, 1.165) is 24.6 Å². The molecule has 3 saturated heterocycles. The number of anilines is 2. The molecule has 45 heavy (non-hydrogen) atoms. The Morgan fingerprint density at radius 1 is 1.00 bits per heavy atom. The maximum Gasteiger partial charge on any atom is 0.337 e. The molecular weight excluding hydrogens is 605 g/mol. The number of aromatic carboxylic acids is 1. The molecule has 1 N–H and O–H groups in total. The van der Waals surface area contributed by atoms with Gasteiger partial charge < -0.3 is 38.8 Å². The standard InChI is InChI=1S/C33H33ClFN3O7/c1-42-21-13-36(14-21)29-11-26(34)24(10-30(29)43-2)32(39)37-12-18-4-3-5-22(31(18)45-17-37)23-9-28(25(33(40)41)8-27(23)35)38-19-6-7-20(38)16-44-15-19/h3-5,8-11,19-21H,6-7,12-17H2,1-2H3,(H,40,41). The maximum absolute atomic E-state index is 15.7. The average Bonchev–Trinajstić information content (AvgIpc) is 3.26. The number of carboxylic acid groups (broad SMARTS) is 1. The van der Waals surface area contributed by atoms with Crippen LogP contribution in [-0.4, -0.2) is 87.3 Å². The highest BCUT2D eigenvalue weighted by molar-refractivity contribution is 6.34. The molecule has 4 aliphatic rings. The Morgan fingerprint density at radius 3 is 2.44 bits per heavy atom. The van der Waals surface area contributed by atoms with Crippen LogP contribution >= 0.6 is 11.6 Å². The molecule has 3 aromatic rings. The largest absolute Gasteiger partial charge is 0.495 e. The molecule has 2 unspecified atom stereocenters. The van der Waals surface area contributed by atoms with Gasteiger partial charge in [-0.15, -0.1) is 0 Å². The number of morpholine rings is 1. The number of hydrogen-bond acceptors (Lipinski definition) is 8. The fraction of sp³-hybridized carbons (Fsp3) is 0.394. The fourth-order valence-electron chi connectivity index (χ4n) is 6.86. The fourth-order valence-corrected chi connectivity index (χ4v) is 7.10. The highest BCUT2D eigenvalue weighted by Crippen LogP contribution is 2.43. The number of methoxy groups -OCH3 is 2. The van der Waals surface area contributed by atoms with Crippen LogP contribution in [0.1, 0.15) is 39.1 Å². The summed E-state index contributed by atoms with van der Waals surface area (Å²) in [7, 11) is 3.22. The lowest BCUT2D eigenvalue weighted by Crippen LogP contribution is -2.52. The summed E-state index contributed by atoms with van der Waals surface area (Å²) in [4.78, 5) is 31.6. The van der Waals surface area contributed by atoms with Crippen molar-refractivity contribution >= 4 is 34.9 Å². The molecule has 1 amide bonds. The van der Waals surface area contributed by atoms with Crippen molar-refractivity contribution in [3.63, 3.8) is 0 Å². The van der Waals surface area contributed by atoms with Crippen molar-refractivity contribution in [2.24, 2.45) is 0 Å². The van der Waals surface area contributed by atoms with Crippen molar-refractivity contribution in [3.8, 4) is 22.6 Å². The highest BCUT2D eigenvalue weighted by atomic mass is 35.5. The van der Waals surface area contributed by atoms with Gasteiger partial charge >= 0.3 is 5.97 Å². The van der Waals surface area contributed by atoms with Crippen molar-refractivity contribution in [3.05, 3.63) is 70.0 Å². The molecule has 3 fully saturated rings.